The molecule has 98 valence electrons. The van der Waals surface area contributed by atoms with Gasteiger partial charge in [0, 0.05) is 19.3 Å². The first-order valence-electron chi connectivity index (χ1n) is 6.15. The lowest BCUT2D eigenvalue weighted by Gasteiger charge is -2.16. The summed E-state index contributed by atoms with van der Waals surface area (Å²) in [5.41, 5.74) is 0.502. The average Bonchev–Trinajstić information content (AvgIpc) is 2.74. The summed E-state index contributed by atoms with van der Waals surface area (Å²) in [5, 5.41) is 9.43. The van der Waals surface area contributed by atoms with Crippen molar-refractivity contribution >= 4 is 5.91 Å². The number of aliphatic hydroxyl groups excluding tert-OH is 1. The quantitative estimate of drug-likeness (QED) is 0.871. The van der Waals surface area contributed by atoms with Gasteiger partial charge in [0.25, 0.3) is 5.91 Å². The van der Waals surface area contributed by atoms with E-state index in [0.29, 0.717) is 30.8 Å². The zero-order valence-corrected chi connectivity index (χ0v) is 10.7. The van der Waals surface area contributed by atoms with E-state index in [0.717, 1.165) is 0 Å². The lowest BCUT2D eigenvalue weighted by molar-refractivity contribution is 0.0764. The van der Waals surface area contributed by atoms with Gasteiger partial charge in [-0.05, 0) is 26.3 Å². The van der Waals surface area contributed by atoms with E-state index in [1.54, 1.807) is 17.2 Å². The topological polar surface area (TPSA) is 62.7 Å². The highest BCUT2D eigenvalue weighted by atomic mass is 16.5. The van der Waals surface area contributed by atoms with E-state index < -0.39 is 6.10 Å². The van der Waals surface area contributed by atoms with Gasteiger partial charge in [-0.15, -0.1) is 0 Å². The van der Waals surface area contributed by atoms with E-state index in [9.17, 15) is 9.90 Å². The molecule has 1 aromatic rings. The van der Waals surface area contributed by atoms with Gasteiger partial charge in [0.1, 0.15) is 5.75 Å². The van der Waals surface area contributed by atoms with Crippen molar-refractivity contribution in [1.82, 2.24) is 9.88 Å². The summed E-state index contributed by atoms with van der Waals surface area (Å²) in [4.78, 5) is 17.8. The molecule has 0 spiro atoms. The minimum absolute atomic E-state index is 0.0470. The van der Waals surface area contributed by atoms with Crippen LogP contribution >= 0.6 is 0 Å². The summed E-state index contributed by atoms with van der Waals surface area (Å²) in [6, 6.07) is 1.69. The number of hydrogen-bond acceptors (Lipinski definition) is 4. The Kier molecular flexibility index (Phi) is 3.81. The zero-order chi connectivity index (χ0) is 13.1. The molecule has 0 aliphatic carbocycles. The van der Waals surface area contributed by atoms with E-state index in [4.69, 9.17) is 4.74 Å². The number of pyridine rings is 1. The van der Waals surface area contributed by atoms with Crippen molar-refractivity contribution in [3.63, 3.8) is 0 Å². The van der Waals surface area contributed by atoms with E-state index in [1.165, 1.54) is 6.20 Å². The lowest BCUT2D eigenvalue weighted by atomic mass is 10.2. The van der Waals surface area contributed by atoms with Crippen LogP contribution in [0.2, 0.25) is 0 Å². The molecule has 2 rings (SSSR count). The van der Waals surface area contributed by atoms with Crippen molar-refractivity contribution in [3.8, 4) is 5.75 Å². The van der Waals surface area contributed by atoms with Crippen LogP contribution in [-0.4, -0.2) is 46.2 Å². The molecule has 5 heteroatoms. The van der Waals surface area contributed by atoms with E-state index in [2.05, 4.69) is 4.98 Å². The number of nitrogens with zero attached hydrogens (tertiary/aromatic N) is 2. The summed E-state index contributed by atoms with van der Waals surface area (Å²) in [6.07, 6.45) is 3.40. The maximum absolute atomic E-state index is 12.1. The van der Waals surface area contributed by atoms with Crippen molar-refractivity contribution in [1.29, 1.82) is 0 Å². The molecule has 1 saturated heterocycles. The summed E-state index contributed by atoms with van der Waals surface area (Å²) in [5.74, 6) is 0.490. The van der Waals surface area contributed by atoms with Crippen molar-refractivity contribution < 1.29 is 14.6 Å². The third kappa shape index (κ3) is 2.98. The minimum atomic E-state index is -0.406. The van der Waals surface area contributed by atoms with Crippen LogP contribution in [0.3, 0.4) is 0 Å². The van der Waals surface area contributed by atoms with E-state index in [1.807, 2.05) is 13.8 Å². The van der Waals surface area contributed by atoms with Crippen LogP contribution in [0, 0.1) is 0 Å². The van der Waals surface area contributed by atoms with Crippen molar-refractivity contribution in [3.05, 3.63) is 24.0 Å². The second kappa shape index (κ2) is 5.35. The second-order valence-electron chi connectivity index (χ2n) is 4.77. The largest absolute Gasteiger partial charge is 0.489 e. The van der Waals surface area contributed by atoms with Gasteiger partial charge in [-0.25, -0.2) is 0 Å². The Morgan fingerprint density at radius 2 is 2.33 bits per heavy atom. The fraction of sp³-hybridized carbons (Fsp3) is 0.538. The fourth-order valence-corrected chi connectivity index (χ4v) is 1.98. The molecular formula is C13H18N2O3. The number of amides is 1. The number of rotatable bonds is 3. The summed E-state index contributed by atoms with van der Waals surface area (Å²) in [6.45, 7) is 4.83. The number of carbonyl (C=O) groups excluding carboxylic acids is 1. The third-order valence-electron chi connectivity index (χ3n) is 2.78. The van der Waals surface area contributed by atoms with Gasteiger partial charge in [-0.2, -0.15) is 0 Å². The van der Waals surface area contributed by atoms with Gasteiger partial charge < -0.3 is 14.7 Å². The summed E-state index contributed by atoms with van der Waals surface area (Å²) >= 11 is 0. The second-order valence-corrected chi connectivity index (χ2v) is 4.77. The minimum Gasteiger partial charge on any atom is -0.489 e. The number of aromatic nitrogens is 1. The van der Waals surface area contributed by atoms with E-state index in [-0.39, 0.29) is 12.0 Å². The Bertz CT molecular complexity index is 434. The molecule has 0 saturated carbocycles. The zero-order valence-electron chi connectivity index (χ0n) is 10.7. The number of carbonyl (C=O) groups is 1. The molecule has 18 heavy (non-hydrogen) atoms. The molecule has 0 radical (unpaired) electrons. The van der Waals surface area contributed by atoms with Crippen molar-refractivity contribution in [2.75, 3.05) is 13.1 Å². The van der Waals surface area contributed by atoms with Crippen LogP contribution in [-0.2, 0) is 0 Å². The molecule has 1 atom stereocenters. The highest BCUT2D eigenvalue weighted by Crippen LogP contribution is 2.17. The van der Waals surface area contributed by atoms with Gasteiger partial charge in [0.15, 0.2) is 0 Å². The highest BCUT2D eigenvalue weighted by Gasteiger charge is 2.25. The number of ether oxygens (including phenoxy) is 1. The van der Waals surface area contributed by atoms with Crippen LogP contribution < -0.4 is 4.74 Å². The fourth-order valence-electron chi connectivity index (χ4n) is 1.98. The Balaban J connectivity index is 2.10. The van der Waals surface area contributed by atoms with E-state index >= 15 is 0 Å². The number of β-amino-alcohol motifs (C(OH)–C–C–N with tert-alkyl or cyclic N) is 1. The van der Waals surface area contributed by atoms with Crippen LogP contribution in [0.1, 0.15) is 30.6 Å². The average molecular weight is 250 g/mol. The molecule has 1 amide bonds. The number of likely N-dealkylation sites (tertiary alicyclic amines) is 1. The van der Waals surface area contributed by atoms with Crippen LogP contribution in [0.4, 0.5) is 0 Å². The summed E-state index contributed by atoms with van der Waals surface area (Å²) in [7, 11) is 0. The molecule has 1 fully saturated rings. The van der Waals surface area contributed by atoms with Crippen LogP contribution in [0.5, 0.6) is 5.75 Å². The first kappa shape index (κ1) is 12.8. The Hall–Kier alpha value is -1.62. The molecule has 1 aromatic heterocycles. The Labute approximate surface area is 106 Å². The van der Waals surface area contributed by atoms with Gasteiger partial charge in [0.05, 0.1) is 24.0 Å². The molecule has 1 aliphatic heterocycles. The predicted octanol–water partition coefficient (Wildman–Crippen LogP) is 1.08. The van der Waals surface area contributed by atoms with Gasteiger partial charge >= 0.3 is 0 Å². The third-order valence-corrected chi connectivity index (χ3v) is 2.78. The first-order valence-corrected chi connectivity index (χ1v) is 6.15. The molecule has 0 bridgehead atoms. The molecule has 0 aromatic carbocycles. The molecule has 1 aliphatic rings. The Morgan fingerprint density at radius 3 is 2.94 bits per heavy atom. The smallest absolute Gasteiger partial charge is 0.255 e. The van der Waals surface area contributed by atoms with Gasteiger partial charge in [-0.1, -0.05) is 0 Å². The first-order chi connectivity index (χ1) is 8.56. The molecule has 5 nitrogen and oxygen atoms in total. The maximum atomic E-state index is 12.1. The molecular weight excluding hydrogens is 232 g/mol. The molecule has 1 N–H and O–H groups in total. The monoisotopic (exact) mass is 250 g/mol. The van der Waals surface area contributed by atoms with Gasteiger partial charge in [0.2, 0.25) is 0 Å². The lowest BCUT2D eigenvalue weighted by Crippen LogP contribution is -2.29. The molecule has 0 unspecified atom stereocenters. The predicted molar refractivity (Wildman–Crippen MR) is 66.5 cm³/mol. The highest BCUT2D eigenvalue weighted by molar-refractivity contribution is 5.94. The number of hydrogen-bond donors (Lipinski definition) is 1. The molecule has 2 heterocycles. The van der Waals surface area contributed by atoms with Crippen LogP contribution in [0.15, 0.2) is 18.5 Å². The van der Waals surface area contributed by atoms with Gasteiger partial charge in [-0.3, -0.25) is 9.78 Å². The normalized spacial score (nSPS) is 19.3. The SMILES string of the molecule is CC(C)Oc1cncc(C(=O)N2CC[C@@H](O)C2)c1. The van der Waals surface area contributed by atoms with Crippen molar-refractivity contribution in [2.24, 2.45) is 0 Å². The van der Waals surface area contributed by atoms with Crippen molar-refractivity contribution in [2.45, 2.75) is 32.5 Å². The Morgan fingerprint density at radius 1 is 1.56 bits per heavy atom. The standard InChI is InChI=1S/C13H18N2O3/c1-9(2)18-12-5-10(6-14-7-12)13(17)15-4-3-11(16)8-15/h5-7,9,11,16H,3-4,8H2,1-2H3/t11-/m1/s1. The van der Waals surface area contributed by atoms with Crippen LogP contribution in [0.25, 0.3) is 0 Å². The number of aliphatic hydroxyl groups is 1. The summed E-state index contributed by atoms with van der Waals surface area (Å²) < 4.78 is 5.51. The maximum Gasteiger partial charge on any atom is 0.255 e.